The van der Waals surface area contributed by atoms with Crippen LogP contribution < -0.4 is 5.32 Å². The summed E-state index contributed by atoms with van der Waals surface area (Å²) in [4.78, 5) is 2.13. The van der Waals surface area contributed by atoms with Crippen molar-refractivity contribution >= 4 is 0 Å². The number of hydrogen-bond donors (Lipinski definition) is 1. The molecule has 0 spiro atoms. The summed E-state index contributed by atoms with van der Waals surface area (Å²) >= 11 is 0. The molecular formula is C11H23N3O. The molecule has 0 rings (SSSR count). The number of nitriles is 1. The normalized spacial score (nSPS) is 15.3. The van der Waals surface area contributed by atoms with Crippen molar-refractivity contribution in [1.82, 2.24) is 10.2 Å². The topological polar surface area (TPSA) is 48.3 Å². The highest BCUT2D eigenvalue weighted by molar-refractivity contribution is 4.93. The largest absolute Gasteiger partial charge is 0.383 e. The van der Waals surface area contributed by atoms with Crippen LogP contribution >= 0.6 is 0 Å². The van der Waals surface area contributed by atoms with Crippen LogP contribution in [0.3, 0.4) is 0 Å². The highest BCUT2D eigenvalue weighted by atomic mass is 16.5. The van der Waals surface area contributed by atoms with Gasteiger partial charge in [-0.05, 0) is 27.8 Å². The van der Waals surface area contributed by atoms with E-state index in [4.69, 9.17) is 10.00 Å². The fourth-order valence-corrected chi connectivity index (χ4v) is 1.37. The van der Waals surface area contributed by atoms with E-state index in [2.05, 4.69) is 23.2 Å². The summed E-state index contributed by atoms with van der Waals surface area (Å²) in [5, 5.41) is 12.2. The van der Waals surface area contributed by atoms with Gasteiger partial charge in [0, 0.05) is 25.7 Å². The maximum Gasteiger partial charge on any atom is 0.108 e. The molecule has 0 aliphatic rings. The van der Waals surface area contributed by atoms with Gasteiger partial charge in [0.2, 0.25) is 0 Å². The summed E-state index contributed by atoms with van der Waals surface area (Å²) in [6.45, 7) is 7.59. The molecular weight excluding hydrogens is 190 g/mol. The molecule has 0 saturated heterocycles. The highest BCUT2D eigenvalue weighted by Gasteiger charge is 2.15. The molecule has 15 heavy (non-hydrogen) atoms. The molecule has 2 atom stereocenters. The lowest BCUT2D eigenvalue weighted by Crippen LogP contribution is -2.45. The summed E-state index contributed by atoms with van der Waals surface area (Å²) in [5.41, 5.74) is 0. The SMILES string of the molecule is COCC(C)N(C)CC(C#N)NC(C)C. The first-order chi connectivity index (χ1) is 7.01. The zero-order valence-electron chi connectivity index (χ0n) is 10.4. The van der Waals surface area contributed by atoms with E-state index in [1.807, 2.05) is 20.9 Å². The van der Waals surface area contributed by atoms with Crippen LogP contribution in [0.15, 0.2) is 0 Å². The van der Waals surface area contributed by atoms with Gasteiger partial charge in [0.25, 0.3) is 0 Å². The summed E-state index contributed by atoms with van der Waals surface area (Å²) in [6.07, 6.45) is 0. The van der Waals surface area contributed by atoms with E-state index in [0.717, 1.165) is 6.54 Å². The summed E-state index contributed by atoms with van der Waals surface area (Å²) in [5.74, 6) is 0. The van der Waals surface area contributed by atoms with E-state index < -0.39 is 0 Å². The molecule has 88 valence electrons. The van der Waals surface area contributed by atoms with Gasteiger partial charge < -0.3 is 4.74 Å². The number of likely N-dealkylation sites (N-methyl/N-ethyl adjacent to an activating group) is 1. The quantitative estimate of drug-likeness (QED) is 0.681. The van der Waals surface area contributed by atoms with Crippen molar-refractivity contribution in [2.75, 3.05) is 27.3 Å². The molecule has 0 aromatic rings. The van der Waals surface area contributed by atoms with Crippen molar-refractivity contribution in [3.8, 4) is 6.07 Å². The van der Waals surface area contributed by atoms with Crippen LogP contribution in [0.1, 0.15) is 20.8 Å². The second-order valence-corrected chi connectivity index (χ2v) is 4.25. The smallest absolute Gasteiger partial charge is 0.108 e. The molecule has 2 unspecified atom stereocenters. The number of nitrogens with zero attached hydrogens (tertiary/aromatic N) is 2. The Morgan fingerprint density at radius 2 is 2.00 bits per heavy atom. The Kier molecular flexibility index (Phi) is 7.31. The van der Waals surface area contributed by atoms with Crippen LogP contribution in [0.25, 0.3) is 0 Å². The molecule has 1 N–H and O–H groups in total. The lowest BCUT2D eigenvalue weighted by atomic mass is 10.2. The minimum atomic E-state index is -0.116. The van der Waals surface area contributed by atoms with Crippen molar-refractivity contribution in [3.05, 3.63) is 0 Å². The lowest BCUT2D eigenvalue weighted by Gasteiger charge is -2.27. The first-order valence-electron chi connectivity index (χ1n) is 5.36. The highest BCUT2D eigenvalue weighted by Crippen LogP contribution is 1.98. The predicted molar refractivity (Wildman–Crippen MR) is 61.6 cm³/mol. The summed E-state index contributed by atoms with van der Waals surface area (Å²) in [6, 6.07) is 2.82. The maximum absolute atomic E-state index is 8.97. The average molecular weight is 213 g/mol. The van der Waals surface area contributed by atoms with Gasteiger partial charge in [-0.2, -0.15) is 5.26 Å². The minimum absolute atomic E-state index is 0.116. The lowest BCUT2D eigenvalue weighted by molar-refractivity contribution is 0.112. The molecule has 0 saturated carbocycles. The van der Waals surface area contributed by atoms with Crippen molar-refractivity contribution < 1.29 is 4.74 Å². The molecule has 0 aliphatic heterocycles. The van der Waals surface area contributed by atoms with Gasteiger partial charge >= 0.3 is 0 Å². The van der Waals surface area contributed by atoms with Crippen LogP contribution in [0.2, 0.25) is 0 Å². The Morgan fingerprint density at radius 3 is 2.40 bits per heavy atom. The van der Waals surface area contributed by atoms with E-state index >= 15 is 0 Å². The fraction of sp³-hybridized carbons (Fsp3) is 0.909. The first kappa shape index (κ1) is 14.4. The number of hydrogen-bond acceptors (Lipinski definition) is 4. The fourth-order valence-electron chi connectivity index (χ4n) is 1.37. The van der Waals surface area contributed by atoms with Gasteiger partial charge in [-0.25, -0.2) is 0 Å². The Morgan fingerprint density at radius 1 is 1.40 bits per heavy atom. The van der Waals surface area contributed by atoms with Crippen LogP contribution in [-0.2, 0) is 4.74 Å². The molecule has 0 heterocycles. The minimum Gasteiger partial charge on any atom is -0.383 e. The second-order valence-electron chi connectivity index (χ2n) is 4.25. The average Bonchev–Trinajstić information content (AvgIpc) is 2.16. The predicted octanol–water partition coefficient (Wildman–Crippen LogP) is 0.843. The van der Waals surface area contributed by atoms with Crippen molar-refractivity contribution in [1.29, 1.82) is 5.26 Å². The molecule has 0 radical (unpaired) electrons. The third-order valence-corrected chi connectivity index (χ3v) is 2.32. The number of methoxy groups -OCH3 is 1. The van der Waals surface area contributed by atoms with Gasteiger partial charge in [0.1, 0.15) is 6.04 Å². The van der Waals surface area contributed by atoms with E-state index in [9.17, 15) is 0 Å². The molecule has 0 fully saturated rings. The van der Waals surface area contributed by atoms with Crippen LogP contribution in [0.5, 0.6) is 0 Å². The number of nitrogens with one attached hydrogen (secondary N) is 1. The molecule has 0 aromatic heterocycles. The van der Waals surface area contributed by atoms with E-state index in [1.165, 1.54) is 0 Å². The van der Waals surface area contributed by atoms with Gasteiger partial charge in [-0.3, -0.25) is 10.2 Å². The monoisotopic (exact) mass is 213 g/mol. The van der Waals surface area contributed by atoms with Crippen molar-refractivity contribution in [3.63, 3.8) is 0 Å². The molecule has 0 aromatic carbocycles. The van der Waals surface area contributed by atoms with Crippen molar-refractivity contribution in [2.24, 2.45) is 0 Å². The Balaban J connectivity index is 4.01. The number of rotatable bonds is 7. The van der Waals surface area contributed by atoms with E-state index in [-0.39, 0.29) is 6.04 Å². The summed E-state index contributed by atoms with van der Waals surface area (Å²) < 4.78 is 5.08. The van der Waals surface area contributed by atoms with Gasteiger partial charge in [-0.1, -0.05) is 0 Å². The molecule has 4 heteroatoms. The third kappa shape index (κ3) is 6.45. The van der Waals surface area contributed by atoms with E-state index in [0.29, 0.717) is 18.7 Å². The van der Waals surface area contributed by atoms with Crippen LogP contribution in [0.4, 0.5) is 0 Å². The van der Waals surface area contributed by atoms with Gasteiger partial charge in [-0.15, -0.1) is 0 Å². The van der Waals surface area contributed by atoms with E-state index in [1.54, 1.807) is 7.11 Å². The zero-order chi connectivity index (χ0) is 11.8. The third-order valence-electron chi connectivity index (χ3n) is 2.32. The Bertz CT molecular complexity index is 200. The van der Waals surface area contributed by atoms with Gasteiger partial charge in [0.15, 0.2) is 0 Å². The Hall–Kier alpha value is -0.630. The summed E-state index contributed by atoms with van der Waals surface area (Å²) in [7, 11) is 3.70. The first-order valence-corrected chi connectivity index (χ1v) is 5.36. The Labute approximate surface area is 93.2 Å². The standard InChI is InChI=1S/C11H23N3O/c1-9(2)13-11(6-12)7-14(4)10(3)8-15-5/h9-11,13H,7-8H2,1-5H3. The molecule has 0 amide bonds. The number of ether oxygens (including phenoxy) is 1. The van der Waals surface area contributed by atoms with Crippen molar-refractivity contribution in [2.45, 2.75) is 38.9 Å². The van der Waals surface area contributed by atoms with Gasteiger partial charge in [0.05, 0.1) is 12.7 Å². The molecule has 0 bridgehead atoms. The van der Waals surface area contributed by atoms with Crippen LogP contribution in [-0.4, -0.2) is 50.3 Å². The zero-order valence-corrected chi connectivity index (χ0v) is 10.4. The second kappa shape index (κ2) is 7.63. The maximum atomic E-state index is 8.97. The molecule has 0 aliphatic carbocycles. The molecule has 4 nitrogen and oxygen atoms in total. The van der Waals surface area contributed by atoms with Crippen LogP contribution in [0, 0.1) is 11.3 Å².